The third-order valence-electron chi connectivity index (χ3n) is 3.72. The summed E-state index contributed by atoms with van der Waals surface area (Å²) >= 11 is 0. The Morgan fingerprint density at radius 3 is 2.40 bits per heavy atom. The van der Waals surface area contributed by atoms with Gasteiger partial charge in [0.15, 0.2) is 0 Å². The molecule has 0 aliphatic rings. The van der Waals surface area contributed by atoms with Crippen molar-refractivity contribution in [2.75, 3.05) is 23.0 Å². The van der Waals surface area contributed by atoms with E-state index in [0.717, 1.165) is 16.9 Å². The molecule has 0 unspecified atom stereocenters. The van der Waals surface area contributed by atoms with Gasteiger partial charge in [-0.1, -0.05) is 35.9 Å². The minimum atomic E-state index is -0.257. The predicted octanol–water partition coefficient (Wildman–Crippen LogP) is 3.39. The van der Waals surface area contributed by atoms with Gasteiger partial charge in [0.2, 0.25) is 5.95 Å². The number of aryl methyl sites for hydroxylation is 1. The number of amides is 1. The molecule has 0 bridgehead atoms. The first-order valence-corrected chi connectivity index (χ1v) is 7.84. The average molecular weight is 333 g/mol. The molecule has 0 aliphatic carbocycles. The Kier molecular flexibility index (Phi) is 4.61. The van der Waals surface area contributed by atoms with E-state index in [9.17, 15) is 4.79 Å². The van der Waals surface area contributed by atoms with Crippen molar-refractivity contribution in [3.63, 3.8) is 0 Å². The van der Waals surface area contributed by atoms with Crippen molar-refractivity contribution < 1.29 is 4.79 Å². The molecule has 3 rings (SSSR count). The van der Waals surface area contributed by atoms with E-state index in [1.54, 1.807) is 7.05 Å². The smallest absolute Gasteiger partial charge is 0.276 e. The molecule has 25 heavy (non-hydrogen) atoms. The zero-order chi connectivity index (χ0) is 17.8. The minimum Gasteiger partial charge on any atom is -0.384 e. The van der Waals surface area contributed by atoms with Gasteiger partial charge in [-0.15, -0.1) is 0 Å². The first-order valence-electron chi connectivity index (χ1n) is 7.84. The first kappa shape index (κ1) is 16.4. The fraction of sp³-hybridized carbons (Fsp3) is 0.105. The molecule has 3 aromatic rings. The van der Waals surface area contributed by atoms with Crippen LogP contribution in [0.3, 0.4) is 0 Å². The van der Waals surface area contributed by atoms with E-state index in [4.69, 9.17) is 5.73 Å². The molecule has 1 amide bonds. The number of nitrogens with one attached hydrogen (secondary N) is 1. The highest BCUT2D eigenvalue weighted by molar-refractivity contribution is 6.04. The van der Waals surface area contributed by atoms with Crippen LogP contribution in [0.1, 0.15) is 16.1 Å². The van der Waals surface area contributed by atoms with Crippen LogP contribution in [0.5, 0.6) is 0 Å². The Hall–Kier alpha value is -3.41. The summed E-state index contributed by atoms with van der Waals surface area (Å²) in [4.78, 5) is 22.7. The van der Waals surface area contributed by atoms with Gasteiger partial charge in [0.05, 0.1) is 0 Å². The van der Waals surface area contributed by atoms with E-state index in [0.29, 0.717) is 0 Å². The lowest BCUT2D eigenvalue weighted by Gasteiger charge is -2.17. The van der Waals surface area contributed by atoms with Crippen LogP contribution >= 0.6 is 0 Å². The topological polar surface area (TPSA) is 84.1 Å². The molecule has 0 spiro atoms. The first-order chi connectivity index (χ1) is 12.0. The second-order valence-corrected chi connectivity index (χ2v) is 5.69. The number of anilines is 4. The zero-order valence-electron chi connectivity index (χ0n) is 14.1. The molecule has 3 N–H and O–H groups in total. The SMILES string of the molecule is Cc1ccc(Nc2nc(N)cc(C(=O)N(C)c3ccccc3)n2)cc1. The molecule has 0 fully saturated rings. The largest absolute Gasteiger partial charge is 0.384 e. The van der Waals surface area contributed by atoms with Crippen LogP contribution in [0.2, 0.25) is 0 Å². The van der Waals surface area contributed by atoms with E-state index in [1.165, 1.54) is 11.0 Å². The highest BCUT2D eigenvalue weighted by Crippen LogP contribution is 2.18. The number of carbonyl (C=O) groups is 1. The Labute approximate surface area is 146 Å². The molecule has 0 radical (unpaired) electrons. The zero-order valence-corrected chi connectivity index (χ0v) is 14.1. The molecule has 0 saturated carbocycles. The van der Waals surface area contributed by atoms with Crippen molar-refractivity contribution in [1.29, 1.82) is 0 Å². The molecule has 6 nitrogen and oxygen atoms in total. The number of benzene rings is 2. The molecule has 0 atom stereocenters. The lowest BCUT2D eigenvalue weighted by molar-refractivity contribution is 0.0988. The number of carbonyl (C=O) groups excluding carboxylic acids is 1. The van der Waals surface area contributed by atoms with Crippen molar-refractivity contribution in [2.24, 2.45) is 0 Å². The summed E-state index contributed by atoms with van der Waals surface area (Å²) < 4.78 is 0. The number of nitrogens with two attached hydrogens (primary N) is 1. The van der Waals surface area contributed by atoms with Crippen LogP contribution in [0, 0.1) is 6.92 Å². The summed E-state index contributed by atoms with van der Waals surface area (Å²) in [6.45, 7) is 2.01. The van der Waals surface area contributed by atoms with Crippen LogP contribution in [0.25, 0.3) is 0 Å². The van der Waals surface area contributed by atoms with Crippen LogP contribution in [0.15, 0.2) is 60.7 Å². The Balaban J connectivity index is 1.86. The maximum Gasteiger partial charge on any atom is 0.276 e. The third kappa shape index (κ3) is 3.92. The van der Waals surface area contributed by atoms with Crippen LogP contribution < -0.4 is 16.0 Å². The highest BCUT2D eigenvalue weighted by Gasteiger charge is 2.17. The number of aromatic nitrogens is 2. The monoisotopic (exact) mass is 333 g/mol. The van der Waals surface area contributed by atoms with Crippen LogP contribution in [0.4, 0.5) is 23.1 Å². The summed E-state index contributed by atoms with van der Waals surface area (Å²) in [6.07, 6.45) is 0. The van der Waals surface area contributed by atoms with Crippen molar-refractivity contribution in [3.05, 3.63) is 71.9 Å². The Morgan fingerprint density at radius 2 is 1.72 bits per heavy atom. The molecule has 126 valence electrons. The van der Waals surface area contributed by atoms with Crippen molar-refractivity contribution in [1.82, 2.24) is 9.97 Å². The van der Waals surface area contributed by atoms with Crippen molar-refractivity contribution >= 4 is 29.0 Å². The standard InChI is InChI=1S/C19H19N5O/c1-13-8-10-14(11-9-13)21-19-22-16(12-17(20)23-19)18(25)24(2)15-6-4-3-5-7-15/h3-12H,1-2H3,(H3,20,21,22,23). The predicted molar refractivity (Wildman–Crippen MR) is 100 cm³/mol. The summed E-state index contributed by atoms with van der Waals surface area (Å²) in [6, 6.07) is 18.6. The van der Waals surface area contributed by atoms with Gasteiger partial charge < -0.3 is 16.0 Å². The number of rotatable bonds is 4. The van der Waals surface area contributed by atoms with E-state index >= 15 is 0 Å². The van der Waals surface area contributed by atoms with E-state index in [2.05, 4.69) is 15.3 Å². The van der Waals surface area contributed by atoms with Gasteiger partial charge in [0.25, 0.3) is 5.91 Å². The molecular formula is C19H19N5O. The summed E-state index contributed by atoms with van der Waals surface area (Å²) in [5.41, 5.74) is 8.83. The number of nitrogen functional groups attached to an aromatic ring is 1. The van der Waals surface area contributed by atoms with Gasteiger partial charge in [0, 0.05) is 24.5 Å². The molecule has 1 heterocycles. The molecule has 2 aromatic carbocycles. The molecule has 1 aromatic heterocycles. The second-order valence-electron chi connectivity index (χ2n) is 5.69. The molecule has 0 aliphatic heterocycles. The third-order valence-corrected chi connectivity index (χ3v) is 3.72. The van der Waals surface area contributed by atoms with Gasteiger partial charge in [0.1, 0.15) is 11.5 Å². The van der Waals surface area contributed by atoms with Gasteiger partial charge in [-0.3, -0.25) is 4.79 Å². The second kappa shape index (κ2) is 7.00. The quantitative estimate of drug-likeness (QED) is 0.764. The van der Waals surface area contributed by atoms with Crippen molar-refractivity contribution in [2.45, 2.75) is 6.92 Å². The minimum absolute atomic E-state index is 0.230. The number of hydrogen-bond acceptors (Lipinski definition) is 5. The van der Waals surface area contributed by atoms with Crippen LogP contribution in [-0.2, 0) is 0 Å². The molecule has 6 heteroatoms. The van der Waals surface area contributed by atoms with Gasteiger partial charge in [-0.2, -0.15) is 4.98 Å². The lowest BCUT2D eigenvalue weighted by atomic mass is 10.2. The maximum absolute atomic E-state index is 12.7. The lowest BCUT2D eigenvalue weighted by Crippen LogP contribution is -2.27. The highest BCUT2D eigenvalue weighted by atomic mass is 16.2. The van der Waals surface area contributed by atoms with E-state index in [-0.39, 0.29) is 23.4 Å². The number of hydrogen-bond donors (Lipinski definition) is 2. The number of para-hydroxylation sites is 1. The molecular weight excluding hydrogens is 314 g/mol. The Morgan fingerprint density at radius 1 is 1.04 bits per heavy atom. The normalized spacial score (nSPS) is 10.3. The van der Waals surface area contributed by atoms with Gasteiger partial charge in [-0.25, -0.2) is 4.98 Å². The average Bonchev–Trinajstić information content (AvgIpc) is 2.62. The van der Waals surface area contributed by atoms with E-state index < -0.39 is 0 Å². The summed E-state index contributed by atoms with van der Waals surface area (Å²) in [7, 11) is 1.70. The fourth-order valence-corrected chi connectivity index (χ4v) is 2.34. The van der Waals surface area contributed by atoms with Gasteiger partial charge in [-0.05, 0) is 31.2 Å². The summed E-state index contributed by atoms with van der Waals surface area (Å²) in [5, 5.41) is 3.07. The molecule has 0 saturated heterocycles. The van der Waals surface area contributed by atoms with E-state index in [1.807, 2.05) is 61.5 Å². The fourth-order valence-electron chi connectivity index (χ4n) is 2.34. The van der Waals surface area contributed by atoms with Crippen LogP contribution in [-0.4, -0.2) is 22.9 Å². The number of nitrogens with zero attached hydrogens (tertiary/aromatic N) is 3. The van der Waals surface area contributed by atoms with Gasteiger partial charge >= 0.3 is 0 Å². The van der Waals surface area contributed by atoms with Crippen molar-refractivity contribution in [3.8, 4) is 0 Å². The summed E-state index contributed by atoms with van der Waals surface area (Å²) in [5.74, 6) is 0.260. The maximum atomic E-state index is 12.7. The Bertz CT molecular complexity index is 878.